The maximum absolute atomic E-state index is 11.0. The SMILES string of the molecule is O=C(O)c1cc(Br)cn1CC1COCCO1. The van der Waals surface area contributed by atoms with Crippen LogP contribution in [0, 0.1) is 0 Å². The normalized spacial score (nSPS) is 20.9. The van der Waals surface area contributed by atoms with Crippen LogP contribution in [0.1, 0.15) is 10.5 Å². The average Bonchev–Trinajstić information content (AvgIpc) is 2.61. The number of carbonyl (C=O) groups is 1. The van der Waals surface area contributed by atoms with Crippen LogP contribution in [0.25, 0.3) is 0 Å². The van der Waals surface area contributed by atoms with Crippen molar-refractivity contribution in [3.8, 4) is 0 Å². The largest absolute Gasteiger partial charge is 0.477 e. The average molecular weight is 290 g/mol. The monoisotopic (exact) mass is 289 g/mol. The number of nitrogens with zero attached hydrogens (tertiary/aromatic N) is 1. The van der Waals surface area contributed by atoms with E-state index in [0.29, 0.717) is 26.4 Å². The molecule has 6 heteroatoms. The number of carboxylic acid groups (broad SMARTS) is 1. The van der Waals surface area contributed by atoms with Crippen LogP contribution in [0.5, 0.6) is 0 Å². The fourth-order valence-electron chi connectivity index (χ4n) is 1.67. The van der Waals surface area contributed by atoms with Crippen LogP contribution in [0.3, 0.4) is 0 Å². The van der Waals surface area contributed by atoms with Gasteiger partial charge in [0.2, 0.25) is 0 Å². The Balaban J connectivity index is 2.10. The van der Waals surface area contributed by atoms with Crippen LogP contribution in [-0.2, 0) is 16.0 Å². The minimum atomic E-state index is -0.942. The predicted octanol–water partition coefficient (Wildman–Crippen LogP) is 1.36. The molecule has 2 rings (SSSR count). The molecule has 1 atom stereocenters. The Kier molecular flexibility index (Phi) is 3.63. The van der Waals surface area contributed by atoms with Crippen LogP contribution < -0.4 is 0 Å². The third kappa shape index (κ3) is 2.63. The van der Waals surface area contributed by atoms with Gasteiger partial charge >= 0.3 is 5.97 Å². The predicted molar refractivity (Wildman–Crippen MR) is 59.7 cm³/mol. The number of aromatic carboxylic acids is 1. The summed E-state index contributed by atoms with van der Waals surface area (Å²) in [6.45, 7) is 2.18. The molecule has 1 aromatic rings. The number of hydrogen-bond acceptors (Lipinski definition) is 3. The third-order valence-electron chi connectivity index (χ3n) is 2.37. The summed E-state index contributed by atoms with van der Waals surface area (Å²) < 4.78 is 13.1. The number of ether oxygens (including phenoxy) is 2. The summed E-state index contributed by atoms with van der Waals surface area (Å²) in [5.74, 6) is -0.942. The zero-order valence-corrected chi connectivity index (χ0v) is 10.1. The third-order valence-corrected chi connectivity index (χ3v) is 2.80. The number of aromatic nitrogens is 1. The van der Waals surface area contributed by atoms with Gasteiger partial charge in [0.15, 0.2) is 0 Å². The molecular formula is C10H12BrNO4. The highest BCUT2D eigenvalue weighted by Gasteiger charge is 2.18. The minimum absolute atomic E-state index is 0.0776. The van der Waals surface area contributed by atoms with Crippen LogP contribution >= 0.6 is 15.9 Å². The van der Waals surface area contributed by atoms with E-state index in [9.17, 15) is 4.79 Å². The first-order chi connectivity index (χ1) is 7.66. The van der Waals surface area contributed by atoms with Gasteiger partial charge in [0.25, 0.3) is 0 Å². The summed E-state index contributed by atoms with van der Waals surface area (Å²) in [7, 11) is 0. The van der Waals surface area contributed by atoms with Crippen molar-refractivity contribution in [3.63, 3.8) is 0 Å². The van der Waals surface area contributed by atoms with E-state index in [4.69, 9.17) is 14.6 Å². The maximum atomic E-state index is 11.0. The van der Waals surface area contributed by atoms with E-state index >= 15 is 0 Å². The lowest BCUT2D eigenvalue weighted by Gasteiger charge is -2.23. The van der Waals surface area contributed by atoms with Gasteiger partial charge in [-0.05, 0) is 22.0 Å². The summed E-state index contributed by atoms with van der Waals surface area (Å²) in [6, 6.07) is 1.58. The van der Waals surface area contributed by atoms with Crippen LogP contribution in [0.2, 0.25) is 0 Å². The number of carboxylic acids is 1. The number of rotatable bonds is 3. The van der Waals surface area contributed by atoms with Gasteiger partial charge in [0, 0.05) is 10.7 Å². The van der Waals surface area contributed by atoms with E-state index in [1.54, 1.807) is 16.8 Å². The highest BCUT2D eigenvalue weighted by atomic mass is 79.9. The molecule has 1 saturated heterocycles. The van der Waals surface area contributed by atoms with E-state index in [-0.39, 0.29) is 11.8 Å². The Morgan fingerprint density at radius 1 is 1.62 bits per heavy atom. The van der Waals surface area contributed by atoms with Crippen molar-refractivity contribution in [2.75, 3.05) is 19.8 Å². The van der Waals surface area contributed by atoms with Gasteiger partial charge in [-0.25, -0.2) is 4.79 Å². The molecule has 5 nitrogen and oxygen atoms in total. The van der Waals surface area contributed by atoms with Crippen molar-refractivity contribution in [1.29, 1.82) is 0 Å². The van der Waals surface area contributed by atoms with Crippen LogP contribution in [-0.4, -0.2) is 41.6 Å². The molecule has 88 valence electrons. The van der Waals surface area contributed by atoms with Crippen molar-refractivity contribution >= 4 is 21.9 Å². The standard InChI is InChI=1S/C10H12BrNO4/c11-7-3-9(10(13)14)12(4-7)5-8-6-15-1-2-16-8/h3-4,8H,1-2,5-6H2,(H,13,14). The van der Waals surface area contributed by atoms with Crippen LogP contribution in [0.15, 0.2) is 16.7 Å². The van der Waals surface area contributed by atoms with Gasteiger partial charge in [-0.3, -0.25) is 0 Å². The molecule has 0 amide bonds. The van der Waals surface area contributed by atoms with Crippen molar-refractivity contribution in [3.05, 3.63) is 22.4 Å². The molecule has 1 fully saturated rings. The van der Waals surface area contributed by atoms with E-state index in [1.165, 1.54) is 0 Å². The van der Waals surface area contributed by atoms with Gasteiger partial charge in [0.1, 0.15) is 5.69 Å². The first kappa shape index (κ1) is 11.6. The second kappa shape index (κ2) is 4.99. The Bertz CT molecular complexity index is 384. The second-order valence-corrected chi connectivity index (χ2v) is 4.48. The molecule has 1 N–H and O–H groups in total. The number of hydrogen-bond donors (Lipinski definition) is 1. The Morgan fingerprint density at radius 2 is 2.44 bits per heavy atom. The Morgan fingerprint density at radius 3 is 3.06 bits per heavy atom. The highest BCUT2D eigenvalue weighted by molar-refractivity contribution is 9.10. The molecule has 0 radical (unpaired) electrons. The minimum Gasteiger partial charge on any atom is -0.477 e. The molecular weight excluding hydrogens is 278 g/mol. The lowest BCUT2D eigenvalue weighted by Crippen LogP contribution is -2.32. The van der Waals surface area contributed by atoms with Crippen LogP contribution in [0.4, 0.5) is 0 Å². The van der Waals surface area contributed by atoms with Gasteiger partial charge in [0.05, 0.1) is 32.5 Å². The molecule has 16 heavy (non-hydrogen) atoms. The van der Waals surface area contributed by atoms with Gasteiger partial charge < -0.3 is 19.1 Å². The van der Waals surface area contributed by atoms with Crippen molar-refractivity contribution < 1.29 is 19.4 Å². The maximum Gasteiger partial charge on any atom is 0.352 e. The molecule has 0 aliphatic carbocycles. The molecule has 1 aliphatic rings. The second-order valence-electron chi connectivity index (χ2n) is 3.57. The molecule has 0 aromatic carbocycles. The van der Waals surface area contributed by atoms with E-state index in [1.807, 2.05) is 0 Å². The quantitative estimate of drug-likeness (QED) is 0.913. The fourth-order valence-corrected chi connectivity index (χ4v) is 2.13. The fraction of sp³-hybridized carbons (Fsp3) is 0.500. The first-order valence-corrected chi connectivity index (χ1v) is 5.74. The van der Waals surface area contributed by atoms with E-state index in [0.717, 1.165) is 4.47 Å². The summed E-state index contributed by atoms with van der Waals surface area (Å²) in [5.41, 5.74) is 0.251. The lowest BCUT2D eigenvalue weighted by molar-refractivity contribution is -0.0937. The number of halogens is 1. The lowest BCUT2D eigenvalue weighted by atomic mass is 10.3. The first-order valence-electron chi connectivity index (χ1n) is 4.95. The smallest absolute Gasteiger partial charge is 0.352 e. The molecule has 2 heterocycles. The van der Waals surface area contributed by atoms with Gasteiger partial charge in [-0.15, -0.1) is 0 Å². The van der Waals surface area contributed by atoms with Crippen molar-refractivity contribution in [1.82, 2.24) is 4.57 Å². The zero-order chi connectivity index (χ0) is 11.5. The summed E-state index contributed by atoms with van der Waals surface area (Å²) in [6.07, 6.45) is 1.66. The van der Waals surface area contributed by atoms with E-state index < -0.39 is 5.97 Å². The molecule has 1 aromatic heterocycles. The molecule has 1 unspecified atom stereocenters. The highest BCUT2D eigenvalue weighted by Crippen LogP contribution is 2.16. The molecule has 0 bridgehead atoms. The van der Waals surface area contributed by atoms with Crippen molar-refractivity contribution in [2.45, 2.75) is 12.6 Å². The Hall–Kier alpha value is -0.850. The zero-order valence-electron chi connectivity index (χ0n) is 8.56. The summed E-state index contributed by atoms with van der Waals surface area (Å²) >= 11 is 3.26. The molecule has 0 spiro atoms. The topological polar surface area (TPSA) is 60.7 Å². The summed E-state index contributed by atoms with van der Waals surface area (Å²) in [5, 5.41) is 8.99. The summed E-state index contributed by atoms with van der Waals surface area (Å²) in [4.78, 5) is 11.0. The Labute approximate surface area is 101 Å². The van der Waals surface area contributed by atoms with Gasteiger partial charge in [-0.1, -0.05) is 0 Å². The molecule has 1 aliphatic heterocycles. The van der Waals surface area contributed by atoms with E-state index in [2.05, 4.69) is 15.9 Å². The van der Waals surface area contributed by atoms with Gasteiger partial charge in [-0.2, -0.15) is 0 Å². The van der Waals surface area contributed by atoms with Crippen molar-refractivity contribution in [2.24, 2.45) is 0 Å². The molecule has 0 saturated carbocycles.